The van der Waals surface area contributed by atoms with Crippen molar-refractivity contribution in [3.63, 3.8) is 0 Å². The van der Waals surface area contributed by atoms with Gasteiger partial charge in [0.2, 0.25) is 5.91 Å². The molecule has 8 heteroatoms. The lowest BCUT2D eigenvalue weighted by Crippen LogP contribution is -2.32. The largest absolute Gasteiger partial charge is 0.573 e. The van der Waals surface area contributed by atoms with Gasteiger partial charge in [0.1, 0.15) is 0 Å². The summed E-state index contributed by atoms with van der Waals surface area (Å²) < 4.78 is 40.7. The van der Waals surface area contributed by atoms with E-state index in [9.17, 15) is 18.0 Å². The van der Waals surface area contributed by atoms with Crippen molar-refractivity contribution in [1.29, 1.82) is 0 Å². The fourth-order valence-corrected chi connectivity index (χ4v) is 1.40. The van der Waals surface area contributed by atoms with Gasteiger partial charge in [-0.1, -0.05) is 15.9 Å². The minimum absolute atomic E-state index is 0.0992. The van der Waals surface area contributed by atoms with Crippen LogP contribution in [0, 0.1) is 0 Å². The highest BCUT2D eigenvalue weighted by Gasteiger charge is 2.32. The summed E-state index contributed by atoms with van der Waals surface area (Å²) in [5, 5.41) is 2.25. The maximum atomic E-state index is 12.2. The average Bonchev–Trinajstić information content (AvgIpc) is 2.19. The van der Waals surface area contributed by atoms with Crippen LogP contribution in [0.3, 0.4) is 0 Å². The maximum absolute atomic E-state index is 12.2. The van der Waals surface area contributed by atoms with Crippen molar-refractivity contribution in [2.45, 2.75) is 19.3 Å². The van der Waals surface area contributed by atoms with Crippen LogP contribution in [0.4, 0.5) is 18.9 Å². The second kappa shape index (κ2) is 5.57. The lowest BCUT2D eigenvalue weighted by Gasteiger charge is -2.15. The van der Waals surface area contributed by atoms with E-state index in [2.05, 4.69) is 26.0 Å². The van der Waals surface area contributed by atoms with E-state index in [0.717, 1.165) is 6.07 Å². The van der Waals surface area contributed by atoms with Gasteiger partial charge in [-0.2, -0.15) is 0 Å². The summed E-state index contributed by atoms with van der Waals surface area (Å²) in [7, 11) is 0. The molecule has 0 heterocycles. The smallest absolute Gasteiger partial charge is 0.404 e. The van der Waals surface area contributed by atoms with Gasteiger partial charge in [-0.05, 0) is 25.1 Å². The predicted octanol–water partition coefficient (Wildman–Crippen LogP) is 2.63. The van der Waals surface area contributed by atoms with Gasteiger partial charge < -0.3 is 15.8 Å². The third kappa shape index (κ3) is 4.53. The fraction of sp³-hybridized carbons (Fsp3) is 0.300. The molecule has 0 aliphatic heterocycles. The monoisotopic (exact) mass is 326 g/mol. The van der Waals surface area contributed by atoms with Gasteiger partial charge >= 0.3 is 6.36 Å². The summed E-state index contributed by atoms with van der Waals surface area (Å²) in [6.07, 6.45) is -4.84. The normalized spacial score (nSPS) is 13.0. The van der Waals surface area contributed by atoms with Gasteiger partial charge in [0.15, 0.2) is 5.75 Å². The van der Waals surface area contributed by atoms with Crippen molar-refractivity contribution in [2.75, 3.05) is 5.32 Å². The third-order valence-corrected chi connectivity index (χ3v) is 2.33. The molecule has 0 aromatic heterocycles. The molecule has 0 spiro atoms. The molecule has 0 saturated heterocycles. The van der Waals surface area contributed by atoms with Crippen LogP contribution in [0.25, 0.3) is 0 Å². The number of hydrogen-bond donors (Lipinski definition) is 2. The van der Waals surface area contributed by atoms with E-state index < -0.39 is 24.1 Å². The summed E-state index contributed by atoms with van der Waals surface area (Å²) in [5.41, 5.74) is 5.21. The molecular formula is C10H10BrF3N2O2. The zero-order valence-corrected chi connectivity index (χ0v) is 10.8. The van der Waals surface area contributed by atoms with E-state index in [0.29, 0.717) is 4.47 Å². The van der Waals surface area contributed by atoms with Crippen molar-refractivity contribution in [1.82, 2.24) is 0 Å². The molecule has 1 aromatic carbocycles. The summed E-state index contributed by atoms with van der Waals surface area (Å²) in [4.78, 5) is 11.3. The highest BCUT2D eigenvalue weighted by molar-refractivity contribution is 9.10. The Bertz CT molecular complexity index is 449. The van der Waals surface area contributed by atoms with Gasteiger partial charge in [0, 0.05) is 4.47 Å². The first-order valence-corrected chi connectivity index (χ1v) is 5.60. The Labute approximate surface area is 109 Å². The molecule has 1 atom stereocenters. The first-order valence-electron chi connectivity index (χ1n) is 4.81. The number of halogens is 4. The van der Waals surface area contributed by atoms with Crippen molar-refractivity contribution in [2.24, 2.45) is 5.73 Å². The molecule has 1 rings (SSSR count). The van der Waals surface area contributed by atoms with E-state index in [4.69, 9.17) is 5.73 Å². The Hall–Kier alpha value is -1.28. The van der Waals surface area contributed by atoms with E-state index in [1.54, 1.807) is 0 Å². The molecule has 0 aliphatic rings. The number of nitrogens with two attached hydrogens (primary N) is 1. The molecule has 0 unspecified atom stereocenters. The van der Waals surface area contributed by atoms with E-state index >= 15 is 0 Å². The molecule has 4 nitrogen and oxygen atoms in total. The molecule has 0 radical (unpaired) electrons. The number of nitrogens with one attached hydrogen (secondary N) is 1. The van der Waals surface area contributed by atoms with Crippen LogP contribution >= 0.6 is 15.9 Å². The number of anilines is 1. The number of hydrogen-bond acceptors (Lipinski definition) is 3. The fourth-order valence-electron chi connectivity index (χ4n) is 1.06. The molecule has 100 valence electrons. The Balaban J connectivity index is 3.00. The van der Waals surface area contributed by atoms with Crippen molar-refractivity contribution >= 4 is 27.5 Å². The summed E-state index contributed by atoms with van der Waals surface area (Å²) in [6.45, 7) is 1.42. The van der Waals surface area contributed by atoms with Crippen molar-refractivity contribution < 1.29 is 22.7 Å². The molecule has 0 fully saturated rings. The van der Waals surface area contributed by atoms with E-state index in [1.165, 1.54) is 19.1 Å². The van der Waals surface area contributed by atoms with Crippen LogP contribution in [0.5, 0.6) is 5.75 Å². The summed E-state index contributed by atoms with van der Waals surface area (Å²) in [6, 6.07) is 3.02. The van der Waals surface area contributed by atoms with Gasteiger partial charge in [-0.3, -0.25) is 4.79 Å². The number of alkyl halides is 3. The number of ether oxygens (including phenoxy) is 1. The molecule has 3 N–H and O–H groups in total. The topological polar surface area (TPSA) is 64.4 Å². The number of carbonyl (C=O) groups excluding carboxylic acids is 1. The van der Waals surface area contributed by atoms with Gasteiger partial charge in [0.05, 0.1) is 11.7 Å². The number of carbonyl (C=O) groups is 1. The Morgan fingerprint density at radius 2 is 2.11 bits per heavy atom. The zero-order chi connectivity index (χ0) is 13.9. The van der Waals surface area contributed by atoms with Crippen molar-refractivity contribution in [3.05, 3.63) is 22.7 Å². The molecule has 0 aliphatic carbocycles. The lowest BCUT2D eigenvalue weighted by molar-refractivity contribution is -0.274. The standard InChI is InChI=1S/C10H10BrF3N2O2/c1-5(15)9(17)16-7-3-2-6(11)4-8(7)18-10(12,13)14/h2-5H,15H2,1H3,(H,16,17)/t5-/m0/s1. The van der Waals surface area contributed by atoms with Crippen LogP contribution in [0.2, 0.25) is 0 Å². The number of rotatable bonds is 3. The van der Waals surface area contributed by atoms with E-state index in [1.807, 2.05) is 0 Å². The first-order chi connectivity index (χ1) is 8.19. The summed E-state index contributed by atoms with van der Waals surface area (Å²) >= 11 is 3.01. The highest BCUT2D eigenvalue weighted by atomic mass is 79.9. The van der Waals surface area contributed by atoms with Crippen LogP contribution in [-0.4, -0.2) is 18.3 Å². The molecule has 0 bridgehead atoms. The SMILES string of the molecule is C[C@H](N)C(=O)Nc1ccc(Br)cc1OC(F)(F)F. The molecule has 1 aromatic rings. The minimum Gasteiger partial charge on any atom is -0.404 e. The molecule has 18 heavy (non-hydrogen) atoms. The van der Waals surface area contributed by atoms with Gasteiger partial charge in [-0.15, -0.1) is 13.2 Å². The van der Waals surface area contributed by atoms with Crippen LogP contribution < -0.4 is 15.8 Å². The molecule has 1 amide bonds. The second-order valence-electron chi connectivity index (χ2n) is 3.47. The second-order valence-corrected chi connectivity index (χ2v) is 4.38. The number of benzene rings is 1. The quantitative estimate of drug-likeness (QED) is 0.897. The number of amides is 1. The van der Waals surface area contributed by atoms with Crippen molar-refractivity contribution in [3.8, 4) is 5.75 Å². The van der Waals surface area contributed by atoms with Gasteiger partial charge in [-0.25, -0.2) is 0 Å². The third-order valence-electron chi connectivity index (χ3n) is 1.84. The summed E-state index contributed by atoms with van der Waals surface area (Å²) in [5.74, 6) is -1.12. The van der Waals surface area contributed by atoms with Crippen LogP contribution in [0.15, 0.2) is 22.7 Å². The van der Waals surface area contributed by atoms with Crippen LogP contribution in [0.1, 0.15) is 6.92 Å². The highest BCUT2D eigenvalue weighted by Crippen LogP contribution is 2.32. The zero-order valence-electron chi connectivity index (χ0n) is 9.22. The molecule has 0 saturated carbocycles. The Morgan fingerprint density at radius 1 is 1.50 bits per heavy atom. The van der Waals surface area contributed by atoms with E-state index in [-0.39, 0.29) is 5.69 Å². The lowest BCUT2D eigenvalue weighted by atomic mass is 10.2. The maximum Gasteiger partial charge on any atom is 0.573 e. The Morgan fingerprint density at radius 3 is 2.61 bits per heavy atom. The first kappa shape index (κ1) is 14.8. The van der Waals surface area contributed by atoms with Crippen LogP contribution in [-0.2, 0) is 4.79 Å². The predicted molar refractivity (Wildman–Crippen MR) is 63.1 cm³/mol. The minimum atomic E-state index is -4.84. The Kier molecular flexibility index (Phi) is 4.58. The average molecular weight is 327 g/mol. The van der Waals surface area contributed by atoms with Gasteiger partial charge in [0.25, 0.3) is 0 Å². The molecular weight excluding hydrogens is 317 g/mol.